The maximum atomic E-state index is 13.4. The molecule has 3 rings (SSSR count). The van der Waals surface area contributed by atoms with Gasteiger partial charge in [-0.25, -0.2) is 8.78 Å². The summed E-state index contributed by atoms with van der Waals surface area (Å²) < 4.78 is 37.4. The molecule has 0 radical (unpaired) electrons. The van der Waals surface area contributed by atoms with Crippen LogP contribution in [0.1, 0.15) is 24.4 Å². The van der Waals surface area contributed by atoms with Crippen LogP contribution in [-0.4, -0.2) is 6.04 Å². The van der Waals surface area contributed by atoms with Gasteiger partial charge in [0.15, 0.2) is 17.4 Å². The summed E-state index contributed by atoms with van der Waals surface area (Å²) >= 11 is 0. The zero-order chi connectivity index (χ0) is 13.9. The number of hydrogen-bond donors (Lipinski definition) is 1. The zero-order valence-corrected chi connectivity index (χ0v) is 10.9. The molecule has 0 unspecified atom stereocenters. The number of para-hydroxylation sites is 1. The SMILES string of the molecule is Fc1cccc(F)c1OCc1ccc(CNC2CC2)o1. The summed E-state index contributed by atoms with van der Waals surface area (Å²) in [6.45, 7) is 0.667. The smallest absolute Gasteiger partial charge is 0.191 e. The van der Waals surface area contributed by atoms with E-state index in [1.807, 2.05) is 6.07 Å². The highest BCUT2D eigenvalue weighted by atomic mass is 19.1. The normalized spacial score (nSPS) is 14.5. The Kier molecular flexibility index (Phi) is 3.69. The predicted molar refractivity (Wildman–Crippen MR) is 69.3 cm³/mol. The highest BCUT2D eigenvalue weighted by Gasteiger charge is 2.20. The minimum atomic E-state index is -0.716. The van der Waals surface area contributed by atoms with Crippen molar-refractivity contribution in [3.05, 3.63) is 53.5 Å². The van der Waals surface area contributed by atoms with Crippen molar-refractivity contribution in [3.8, 4) is 5.75 Å². The van der Waals surface area contributed by atoms with Crippen molar-refractivity contribution in [2.45, 2.75) is 32.0 Å². The molecule has 1 fully saturated rings. The van der Waals surface area contributed by atoms with Crippen LogP contribution in [0.3, 0.4) is 0 Å². The summed E-state index contributed by atoms with van der Waals surface area (Å²) in [7, 11) is 0. The van der Waals surface area contributed by atoms with E-state index in [4.69, 9.17) is 9.15 Å². The van der Waals surface area contributed by atoms with E-state index in [0.29, 0.717) is 18.3 Å². The van der Waals surface area contributed by atoms with Crippen molar-refractivity contribution >= 4 is 0 Å². The van der Waals surface area contributed by atoms with E-state index in [-0.39, 0.29) is 12.4 Å². The Morgan fingerprint density at radius 2 is 1.80 bits per heavy atom. The molecule has 1 heterocycles. The summed E-state index contributed by atoms with van der Waals surface area (Å²) in [5.74, 6) is -0.467. The van der Waals surface area contributed by atoms with Crippen molar-refractivity contribution in [1.29, 1.82) is 0 Å². The van der Waals surface area contributed by atoms with Crippen LogP contribution in [0, 0.1) is 11.6 Å². The number of furan rings is 1. The molecule has 5 heteroatoms. The lowest BCUT2D eigenvalue weighted by atomic mass is 10.3. The standard InChI is InChI=1S/C15H15F2NO2/c16-13-2-1-3-14(17)15(13)19-9-12-7-6-11(20-12)8-18-10-4-5-10/h1-3,6-7,10,18H,4-5,8-9H2. The molecular formula is C15H15F2NO2. The lowest BCUT2D eigenvalue weighted by Crippen LogP contribution is -2.14. The van der Waals surface area contributed by atoms with E-state index in [0.717, 1.165) is 17.9 Å². The van der Waals surface area contributed by atoms with Gasteiger partial charge in [0.25, 0.3) is 0 Å². The Labute approximate surface area is 115 Å². The van der Waals surface area contributed by atoms with E-state index in [1.165, 1.54) is 18.9 Å². The van der Waals surface area contributed by atoms with Crippen LogP contribution < -0.4 is 10.1 Å². The zero-order valence-electron chi connectivity index (χ0n) is 10.9. The van der Waals surface area contributed by atoms with E-state index in [2.05, 4.69) is 5.32 Å². The fraction of sp³-hybridized carbons (Fsp3) is 0.333. The number of rotatable bonds is 6. The highest BCUT2D eigenvalue weighted by Crippen LogP contribution is 2.23. The van der Waals surface area contributed by atoms with Crippen LogP contribution in [-0.2, 0) is 13.2 Å². The van der Waals surface area contributed by atoms with Gasteiger partial charge < -0.3 is 14.5 Å². The molecule has 0 spiro atoms. The monoisotopic (exact) mass is 279 g/mol. The summed E-state index contributed by atoms with van der Waals surface area (Å²) in [6.07, 6.45) is 2.42. The molecule has 1 aromatic carbocycles. The van der Waals surface area contributed by atoms with Crippen molar-refractivity contribution in [2.75, 3.05) is 0 Å². The lowest BCUT2D eigenvalue weighted by molar-refractivity contribution is 0.242. The molecule has 3 nitrogen and oxygen atoms in total. The number of nitrogens with one attached hydrogen (secondary N) is 1. The van der Waals surface area contributed by atoms with Gasteiger partial charge in [-0.15, -0.1) is 0 Å². The molecule has 20 heavy (non-hydrogen) atoms. The Morgan fingerprint density at radius 3 is 2.50 bits per heavy atom. The fourth-order valence-corrected chi connectivity index (χ4v) is 1.89. The Hall–Kier alpha value is -1.88. The third-order valence-corrected chi connectivity index (χ3v) is 3.14. The quantitative estimate of drug-likeness (QED) is 0.880. The Balaban J connectivity index is 1.57. The number of hydrogen-bond acceptors (Lipinski definition) is 3. The van der Waals surface area contributed by atoms with Crippen molar-refractivity contribution in [1.82, 2.24) is 5.32 Å². The van der Waals surface area contributed by atoms with Crippen molar-refractivity contribution in [3.63, 3.8) is 0 Å². The number of ether oxygens (including phenoxy) is 1. The molecule has 0 bridgehead atoms. The molecule has 0 aliphatic heterocycles. The average molecular weight is 279 g/mol. The second-order valence-electron chi connectivity index (χ2n) is 4.86. The summed E-state index contributed by atoms with van der Waals surface area (Å²) in [6, 6.07) is 7.81. The van der Waals surface area contributed by atoms with Gasteiger partial charge >= 0.3 is 0 Å². The Morgan fingerprint density at radius 1 is 1.10 bits per heavy atom. The molecular weight excluding hydrogens is 264 g/mol. The van der Waals surface area contributed by atoms with E-state index in [1.54, 1.807) is 6.07 Å². The molecule has 0 atom stereocenters. The van der Waals surface area contributed by atoms with Crippen molar-refractivity contribution in [2.24, 2.45) is 0 Å². The lowest BCUT2D eigenvalue weighted by Gasteiger charge is -2.06. The van der Waals surface area contributed by atoms with Gasteiger partial charge in [-0.3, -0.25) is 0 Å². The van der Waals surface area contributed by atoms with Gasteiger partial charge in [-0.2, -0.15) is 0 Å². The summed E-state index contributed by atoms with van der Waals surface area (Å²) in [5.41, 5.74) is 0. The molecule has 1 N–H and O–H groups in total. The second kappa shape index (κ2) is 5.63. The number of benzene rings is 1. The molecule has 0 saturated heterocycles. The number of halogens is 2. The van der Waals surface area contributed by atoms with Crippen LogP contribution in [0.2, 0.25) is 0 Å². The third kappa shape index (κ3) is 3.17. The van der Waals surface area contributed by atoms with Gasteiger partial charge in [-0.05, 0) is 37.1 Å². The summed E-state index contributed by atoms with van der Waals surface area (Å²) in [5, 5.41) is 3.32. The molecule has 1 saturated carbocycles. The topological polar surface area (TPSA) is 34.4 Å². The van der Waals surface area contributed by atoms with Crippen LogP contribution >= 0.6 is 0 Å². The largest absolute Gasteiger partial charge is 0.480 e. The minimum Gasteiger partial charge on any atom is -0.480 e. The van der Waals surface area contributed by atoms with E-state index >= 15 is 0 Å². The fourth-order valence-electron chi connectivity index (χ4n) is 1.89. The predicted octanol–water partition coefficient (Wildman–Crippen LogP) is 3.39. The summed E-state index contributed by atoms with van der Waals surface area (Å²) in [4.78, 5) is 0. The highest BCUT2D eigenvalue weighted by molar-refractivity contribution is 5.26. The van der Waals surface area contributed by atoms with Gasteiger partial charge in [-0.1, -0.05) is 6.07 Å². The first-order chi connectivity index (χ1) is 9.72. The first kappa shape index (κ1) is 13.1. The van der Waals surface area contributed by atoms with Crippen LogP contribution in [0.5, 0.6) is 5.75 Å². The van der Waals surface area contributed by atoms with Crippen molar-refractivity contribution < 1.29 is 17.9 Å². The van der Waals surface area contributed by atoms with Gasteiger partial charge in [0.2, 0.25) is 0 Å². The first-order valence-corrected chi connectivity index (χ1v) is 6.60. The first-order valence-electron chi connectivity index (χ1n) is 6.60. The molecule has 106 valence electrons. The second-order valence-corrected chi connectivity index (χ2v) is 4.86. The molecule has 1 aromatic heterocycles. The Bertz CT molecular complexity index is 573. The van der Waals surface area contributed by atoms with Gasteiger partial charge in [0.05, 0.1) is 6.54 Å². The van der Waals surface area contributed by atoms with E-state index < -0.39 is 11.6 Å². The molecule has 1 aliphatic rings. The third-order valence-electron chi connectivity index (χ3n) is 3.14. The van der Waals surface area contributed by atoms with E-state index in [9.17, 15) is 8.78 Å². The van der Waals surface area contributed by atoms with Gasteiger partial charge in [0.1, 0.15) is 18.1 Å². The average Bonchev–Trinajstić information content (AvgIpc) is 3.15. The van der Waals surface area contributed by atoms with Gasteiger partial charge in [0, 0.05) is 6.04 Å². The van der Waals surface area contributed by atoms with Crippen LogP contribution in [0.15, 0.2) is 34.7 Å². The molecule has 2 aromatic rings. The maximum Gasteiger partial charge on any atom is 0.191 e. The van der Waals surface area contributed by atoms with Crippen LogP contribution in [0.4, 0.5) is 8.78 Å². The molecule has 1 aliphatic carbocycles. The minimum absolute atomic E-state index is 0.00127. The van der Waals surface area contributed by atoms with Crippen LogP contribution in [0.25, 0.3) is 0 Å². The molecule has 0 amide bonds. The maximum absolute atomic E-state index is 13.4.